The minimum atomic E-state index is -0.204. The van der Waals surface area contributed by atoms with Crippen molar-refractivity contribution in [2.45, 2.75) is 70.8 Å². The molecule has 2 rings (SSSR count). The van der Waals surface area contributed by atoms with Gasteiger partial charge in [0.05, 0.1) is 6.04 Å². The predicted octanol–water partition coefficient (Wildman–Crippen LogP) is 2.28. The lowest BCUT2D eigenvalue weighted by Crippen LogP contribution is -2.46. The number of hydrogen-bond donors (Lipinski definition) is 2. The third-order valence-electron chi connectivity index (χ3n) is 5.55. The van der Waals surface area contributed by atoms with Gasteiger partial charge in [0.1, 0.15) is 0 Å². The molecule has 3 N–H and O–H groups in total. The topological polar surface area (TPSA) is 58.4 Å². The Bertz CT molecular complexity index is 316. The SMILES string of the molecule is CCCNC(CCN1CCC2(CCCCC2)CC1)C(N)=O. The normalized spacial score (nSPS) is 24.0. The van der Waals surface area contributed by atoms with E-state index >= 15 is 0 Å². The van der Waals surface area contributed by atoms with Gasteiger partial charge in [-0.3, -0.25) is 4.79 Å². The largest absolute Gasteiger partial charge is 0.368 e. The first kappa shape index (κ1) is 16.8. The summed E-state index contributed by atoms with van der Waals surface area (Å²) in [5, 5.41) is 3.26. The summed E-state index contributed by atoms with van der Waals surface area (Å²) in [6, 6.07) is -0.157. The molecule has 4 nitrogen and oxygen atoms in total. The van der Waals surface area contributed by atoms with E-state index in [1.165, 1.54) is 58.0 Å². The third kappa shape index (κ3) is 4.96. The number of piperidine rings is 1. The number of nitrogens with zero attached hydrogens (tertiary/aromatic N) is 1. The summed E-state index contributed by atoms with van der Waals surface area (Å²) in [6.45, 7) is 6.40. The second kappa shape index (κ2) is 8.14. The van der Waals surface area contributed by atoms with Gasteiger partial charge in [-0.05, 0) is 63.6 Å². The van der Waals surface area contributed by atoms with Crippen molar-refractivity contribution in [2.24, 2.45) is 11.1 Å². The molecular weight excluding hydrogens is 262 g/mol. The summed E-state index contributed by atoms with van der Waals surface area (Å²) in [5.41, 5.74) is 6.15. The van der Waals surface area contributed by atoms with Crippen LogP contribution in [0, 0.1) is 5.41 Å². The fraction of sp³-hybridized carbons (Fsp3) is 0.941. The smallest absolute Gasteiger partial charge is 0.234 e. The van der Waals surface area contributed by atoms with E-state index < -0.39 is 0 Å². The van der Waals surface area contributed by atoms with Crippen LogP contribution in [0.25, 0.3) is 0 Å². The Morgan fingerprint density at radius 1 is 1.19 bits per heavy atom. The number of amides is 1. The summed E-state index contributed by atoms with van der Waals surface area (Å²) in [4.78, 5) is 14.0. The van der Waals surface area contributed by atoms with Gasteiger partial charge in [0.2, 0.25) is 5.91 Å². The van der Waals surface area contributed by atoms with E-state index in [9.17, 15) is 4.79 Å². The molecule has 0 bridgehead atoms. The van der Waals surface area contributed by atoms with Crippen LogP contribution >= 0.6 is 0 Å². The second-order valence-corrected chi connectivity index (χ2v) is 7.10. The number of primary amides is 1. The number of carbonyl (C=O) groups excluding carboxylic acids is 1. The van der Waals surface area contributed by atoms with Gasteiger partial charge in [-0.2, -0.15) is 0 Å². The first-order chi connectivity index (χ1) is 10.2. The average Bonchev–Trinajstić information content (AvgIpc) is 2.50. The number of likely N-dealkylation sites (tertiary alicyclic amines) is 1. The van der Waals surface area contributed by atoms with Crippen LogP contribution in [0.1, 0.15) is 64.7 Å². The van der Waals surface area contributed by atoms with Crippen molar-refractivity contribution in [2.75, 3.05) is 26.2 Å². The van der Waals surface area contributed by atoms with Crippen molar-refractivity contribution in [3.63, 3.8) is 0 Å². The van der Waals surface area contributed by atoms with E-state index in [2.05, 4.69) is 17.1 Å². The molecular formula is C17H33N3O. The van der Waals surface area contributed by atoms with Crippen molar-refractivity contribution in [1.29, 1.82) is 0 Å². The van der Waals surface area contributed by atoms with E-state index in [-0.39, 0.29) is 11.9 Å². The Hall–Kier alpha value is -0.610. The molecule has 0 radical (unpaired) electrons. The lowest BCUT2D eigenvalue weighted by Gasteiger charge is -2.44. The van der Waals surface area contributed by atoms with E-state index in [0.717, 1.165) is 25.9 Å². The predicted molar refractivity (Wildman–Crippen MR) is 87.1 cm³/mol. The molecule has 1 aliphatic heterocycles. The molecule has 1 heterocycles. The van der Waals surface area contributed by atoms with Gasteiger partial charge in [0, 0.05) is 6.54 Å². The molecule has 1 spiro atoms. The fourth-order valence-electron chi connectivity index (χ4n) is 4.03. The van der Waals surface area contributed by atoms with E-state index in [0.29, 0.717) is 5.41 Å². The standard InChI is InChI=1S/C17H33N3O/c1-2-11-19-15(16(18)21)6-12-20-13-9-17(10-14-20)7-4-3-5-8-17/h15,19H,2-14H2,1H3,(H2,18,21). The monoisotopic (exact) mass is 295 g/mol. The summed E-state index contributed by atoms with van der Waals surface area (Å²) in [5.74, 6) is -0.204. The number of nitrogens with one attached hydrogen (secondary N) is 1. The number of carbonyl (C=O) groups is 1. The van der Waals surface area contributed by atoms with Gasteiger partial charge >= 0.3 is 0 Å². The van der Waals surface area contributed by atoms with Crippen LogP contribution in [-0.2, 0) is 4.79 Å². The number of rotatable bonds is 7. The van der Waals surface area contributed by atoms with Crippen molar-refractivity contribution < 1.29 is 4.79 Å². The maximum atomic E-state index is 11.5. The highest BCUT2D eigenvalue weighted by Crippen LogP contribution is 2.44. The van der Waals surface area contributed by atoms with E-state index in [1.807, 2.05) is 0 Å². The molecule has 4 heteroatoms. The zero-order valence-electron chi connectivity index (χ0n) is 13.7. The molecule has 2 aliphatic rings. The minimum Gasteiger partial charge on any atom is -0.368 e. The Balaban J connectivity index is 1.71. The quantitative estimate of drug-likeness (QED) is 0.757. The zero-order valence-corrected chi connectivity index (χ0v) is 13.7. The van der Waals surface area contributed by atoms with E-state index in [1.54, 1.807) is 0 Å². The van der Waals surface area contributed by atoms with Crippen LogP contribution in [-0.4, -0.2) is 43.0 Å². The molecule has 1 aliphatic carbocycles. The molecule has 122 valence electrons. The van der Waals surface area contributed by atoms with Gasteiger partial charge in [-0.1, -0.05) is 26.2 Å². The van der Waals surface area contributed by atoms with Crippen LogP contribution < -0.4 is 11.1 Å². The number of nitrogens with two attached hydrogens (primary N) is 1. The molecule has 1 unspecified atom stereocenters. The van der Waals surface area contributed by atoms with Gasteiger partial charge in [-0.25, -0.2) is 0 Å². The first-order valence-electron chi connectivity index (χ1n) is 8.90. The maximum absolute atomic E-state index is 11.5. The Morgan fingerprint density at radius 3 is 2.43 bits per heavy atom. The van der Waals surface area contributed by atoms with E-state index in [4.69, 9.17) is 5.73 Å². The summed E-state index contributed by atoms with van der Waals surface area (Å²) < 4.78 is 0. The molecule has 1 amide bonds. The van der Waals surface area contributed by atoms with Crippen LogP contribution in [0.5, 0.6) is 0 Å². The highest BCUT2D eigenvalue weighted by molar-refractivity contribution is 5.79. The molecule has 21 heavy (non-hydrogen) atoms. The lowest BCUT2D eigenvalue weighted by molar-refractivity contribution is -0.120. The highest BCUT2D eigenvalue weighted by Gasteiger charge is 2.35. The molecule has 1 saturated heterocycles. The zero-order chi connectivity index (χ0) is 15.1. The second-order valence-electron chi connectivity index (χ2n) is 7.10. The molecule has 0 aromatic carbocycles. The third-order valence-corrected chi connectivity index (χ3v) is 5.55. The van der Waals surface area contributed by atoms with Crippen molar-refractivity contribution in [3.05, 3.63) is 0 Å². The molecule has 1 saturated carbocycles. The van der Waals surface area contributed by atoms with Crippen molar-refractivity contribution in [1.82, 2.24) is 10.2 Å². The first-order valence-corrected chi connectivity index (χ1v) is 8.90. The number of hydrogen-bond acceptors (Lipinski definition) is 3. The fourth-order valence-corrected chi connectivity index (χ4v) is 4.03. The van der Waals surface area contributed by atoms with Gasteiger partial charge in [0.25, 0.3) is 0 Å². The Labute approximate surface area is 129 Å². The van der Waals surface area contributed by atoms with Crippen LogP contribution in [0.4, 0.5) is 0 Å². The Kier molecular flexibility index (Phi) is 6.49. The van der Waals surface area contributed by atoms with Crippen LogP contribution in [0.2, 0.25) is 0 Å². The van der Waals surface area contributed by atoms with Crippen molar-refractivity contribution in [3.8, 4) is 0 Å². The van der Waals surface area contributed by atoms with Gasteiger partial charge < -0.3 is 16.0 Å². The molecule has 1 atom stereocenters. The van der Waals surface area contributed by atoms with Crippen molar-refractivity contribution >= 4 is 5.91 Å². The molecule has 0 aromatic heterocycles. The maximum Gasteiger partial charge on any atom is 0.234 e. The van der Waals surface area contributed by atoms with Crippen LogP contribution in [0.15, 0.2) is 0 Å². The molecule has 2 fully saturated rings. The van der Waals surface area contributed by atoms with Gasteiger partial charge in [0.15, 0.2) is 0 Å². The average molecular weight is 295 g/mol. The summed E-state index contributed by atoms with van der Waals surface area (Å²) >= 11 is 0. The molecule has 0 aromatic rings. The minimum absolute atomic E-state index is 0.157. The lowest BCUT2D eigenvalue weighted by atomic mass is 9.68. The Morgan fingerprint density at radius 2 is 1.86 bits per heavy atom. The van der Waals surface area contributed by atoms with Gasteiger partial charge in [-0.15, -0.1) is 0 Å². The highest BCUT2D eigenvalue weighted by atomic mass is 16.1. The van der Waals surface area contributed by atoms with Crippen LogP contribution in [0.3, 0.4) is 0 Å². The summed E-state index contributed by atoms with van der Waals surface area (Å²) in [7, 11) is 0. The summed E-state index contributed by atoms with van der Waals surface area (Å²) in [6.07, 6.45) is 11.8.